The summed E-state index contributed by atoms with van der Waals surface area (Å²) in [7, 11) is 0. The van der Waals surface area contributed by atoms with Crippen molar-refractivity contribution in [2.24, 2.45) is 17.8 Å². The third-order valence-corrected chi connectivity index (χ3v) is 5.36. The fraction of sp³-hybridized carbons (Fsp3) is 0.368. The topological polar surface area (TPSA) is 94.8 Å². The number of benzene rings is 1. The van der Waals surface area contributed by atoms with Crippen LogP contribution in [0, 0.1) is 17.8 Å². The molecule has 3 N–H and O–H groups in total. The SMILES string of the molecule is CC1CC2=C(C(O)C1)C1C(=O)c3c(O)ccc(O)c3C(=O)C1C=C2. The zero-order chi connectivity index (χ0) is 17.2. The average molecular weight is 326 g/mol. The molecule has 5 nitrogen and oxygen atoms in total. The highest BCUT2D eigenvalue weighted by molar-refractivity contribution is 6.20. The van der Waals surface area contributed by atoms with E-state index in [0.717, 1.165) is 12.0 Å². The molecule has 0 aliphatic heterocycles. The Hall–Kier alpha value is -2.40. The molecule has 4 unspecified atom stereocenters. The van der Waals surface area contributed by atoms with Gasteiger partial charge in [-0.15, -0.1) is 0 Å². The average Bonchev–Trinajstić information content (AvgIpc) is 2.53. The summed E-state index contributed by atoms with van der Waals surface area (Å²) < 4.78 is 0. The molecule has 0 aromatic heterocycles. The molecule has 0 bridgehead atoms. The Morgan fingerprint density at radius 1 is 1.04 bits per heavy atom. The third-order valence-electron chi connectivity index (χ3n) is 5.36. The largest absolute Gasteiger partial charge is 0.507 e. The van der Waals surface area contributed by atoms with Gasteiger partial charge in [-0.25, -0.2) is 0 Å². The summed E-state index contributed by atoms with van der Waals surface area (Å²) in [5, 5.41) is 30.6. The quantitative estimate of drug-likeness (QED) is 0.636. The Balaban J connectivity index is 1.93. The number of phenols is 2. The van der Waals surface area contributed by atoms with E-state index in [0.29, 0.717) is 17.9 Å². The van der Waals surface area contributed by atoms with Gasteiger partial charge >= 0.3 is 0 Å². The third kappa shape index (κ3) is 1.91. The lowest BCUT2D eigenvalue weighted by Crippen LogP contribution is -2.42. The van der Waals surface area contributed by atoms with E-state index < -0.39 is 29.5 Å². The summed E-state index contributed by atoms with van der Waals surface area (Å²) in [4.78, 5) is 25.9. The van der Waals surface area contributed by atoms with E-state index >= 15 is 0 Å². The summed E-state index contributed by atoms with van der Waals surface area (Å²) >= 11 is 0. The number of ketones is 2. The van der Waals surface area contributed by atoms with Gasteiger partial charge in [-0.3, -0.25) is 9.59 Å². The number of carbonyl (C=O) groups is 2. The number of aliphatic hydroxyl groups is 1. The first-order valence-corrected chi connectivity index (χ1v) is 8.12. The second kappa shape index (κ2) is 5.05. The normalized spacial score (nSPS) is 31.6. The van der Waals surface area contributed by atoms with Gasteiger partial charge in [0.15, 0.2) is 11.6 Å². The van der Waals surface area contributed by atoms with Gasteiger partial charge in [-0.1, -0.05) is 19.1 Å². The Morgan fingerprint density at radius 2 is 1.67 bits per heavy atom. The van der Waals surface area contributed by atoms with Crippen LogP contribution in [0.3, 0.4) is 0 Å². The first-order chi connectivity index (χ1) is 11.4. The summed E-state index contributed by atoms with van der Waals surface area (Å²) in [6, 6.07) is 2.43. The molecule has 0 spiro atoms. The number of Topliss-reactive ketones (excluding diaryl/α,β-unsaturated/α-hetero) is 2. The van der Waals surface area contributed by atoms with Crippen LogP contribution in [-0.4, -0.2) is 33.0 Å². The maximum absolute atomic E-state index is 13.0. The van der Waals surface area contributed by atoms with Crippen molar-refractivity contribution in [2.75, 3.05) is 0 Å². The minimum atomic E-state index is -0.791. The molecule has 0 radical (unpaired) electrons. The highest BCUT2D eigenvalue weighted by Gasteiger charge is 2.48. The summed E-state index contributed by atoms with van der Waals surface area (Å²) in [5.74, 6) is -2.63. The predicted molar refractivity (Wildman–Crippen MR) is 86.0 cm³/mol. The molecule has 0 amide bonds. The Bertz CT molecular complexity index is 832. The summed E-state index contributed by atoms with van der Waals surface area (Å²) in [6.45, 7) is 2.04. The minimum Gasteiger partial charge on any atom is -0.507 e. The van der Waals surface area contributed by atoms with Gasteiger partial charge in [-0.2, -0.15) is 0 Å². The molecule has 4 rings (SSSR count). The molecule has 1 aromatic carbocycles. The van der Waals surface area contributed by atoms with Crippen LogP contribution >= 0.6 is 0 Å². The second-order valence-electron chi connectivity index (χ2n) is 6.99. The molecule has 0 fully saturated rings. The maximum atomic E-state index is 13.0. The predicted octanol–water partition coefficient (Wildman–Crippen LogP) is 2.37. The molecular formula is C19H18O5. The van der Waals surface area contributed by atoms with E-state index in [1.165, 1.54) is 12.1 Å². The van der Waals surface area contributed by atoms with Gasteiger partial charge in [0.05, 0.1) is 29.1 Å². The van der Waals surface area contributed by atoms with Crippen LogP contribution in [0.15, 0.2) is 35.4 Å². The van der Waals surface area contributed by atoms with Crippen LogP contribution in [0.5, 0.6) is 11.5 Å². The Morgan fingerprint density at radius 3 is 2.33 bits per heavy atom. The zero-order valence-electron chi connectivity index (χ0n) is 13.2. The van der Waals surface area contributed by atoms with Crippen molar-refractivity contribution in [1.29, 1.82) is 0 Å². The Kier molecular flexibility index (Phi) is 3.18. The van der Waals surface area contributed by atoms with Crippen LogP contribution in [-0.2, 0) is 0 Å². The number of aliphatic hydroxyl groups excluding tert-OH is 1. The van der Waals surface area contributed by atoms with Crippen LogP contribution in [0.1, 0.15) is 40.5 Å². The van der Waals surface area contributed by atoms with E-state index in [9.17, 15) is 24.9 Å². The maximum Gasteiger partial charge on any atom is 0.175 e. The number of allylic oxidation sites excluding steroid dienone is 3. The number of fused-ring (bicyclic) bond motifs is 3. The highest BCUT2D eigenvalue weighted by atomic mass is 16.3. The number of aromatic hydroxyl groups is 2. The fourth-order valence-corrected chi connectivity index (χ4v) is 4.34. The van der Waals surface area contributed by atoms with Gasteiger partial charge in [0.1, 0.15) is 11.5 Å². The van der Waals surface area contributed by atoms with E-state index in [1.54, 1.807) is 6.08 Å². The first-order valence-electron chi connectivity index (χ1n) is 8.12. The van der Waals surface area contributed by atoms with Gasteiger partial charge in [0, 0.05) is 0 Å². The van der Waals surface area contributed by atoms with Crippen molar-refractivity contribution in [2.45, 2.75) is 25.9 Å². The molecule has 124 valence electrons. The number of hydrogen-bond acceptors (Lipinski definition) is 5. The van der Waals surface area contributed by atoms with Gasteiger partial charge in [0.2, 0.25) is 0 Å². The first kappa shape index (κ1) is 15.1. The zero-order valence-corrected chi connectivity index (χ0v) is 13.2. The van der Waals surface area contributed by atoms with Crippen LogP contribution in [0.2, 0.25) is 0 Å². The summed E-state index contributed by atoms with van der Waals surface area (Å²) in [5.41, 5.74) is 1.27. The molecule has 0 saturated heterocycles. The van der Waals surface area contributed by atoms with Crippen molar-refractivity contribution in [3.63, 3.8) is 0 Å². The molecule has 3 aliphatic rings. The summed E-state index contributed by atoms with van der Waals surface area (Å²) in [6.07, 6.45) is 4.06. The molecule has 0 saturated carbocycles. The number of phenolic OH excluding ortho intramolecular Hbond substituents is 2. The van der Waals surface area contributed by atoms with Gasteiger partial charge < -0.3 is 15.3 Å². The van der Waals surface area contributed by atoms with Crippen LogP contribution in [0.25, 0.3) is 0 Å². The molecule has 24 heavy (non-hydrogen) atoms. The van der Waals surface area contributed by atoms with E-state index in [4.69, 9.17) is 0 Å². The lowest BCUT2D eigenvalue weighted by atomic mass is 9.63. The Labute approximate surface area is 138 Å². The molecule has 5 heteroatoms. The fourth-order valence-electron chi connectivity index (χ4n) is 4.34. The smallest absolute Gasteiger partial charge is 0.175 e. The lowest BCUT2D eigenvalue weighted by Gasteiger charge is -2.39. The molecule has 1 aromatic rings. The van der Waals surface area contributed by atoms with E-state index in [2.05, 4.69) is 0 Å². The van der Waals surface area contributed by atoms with Crippen LogP contribution < -0.4 is 0 Å². The van der Waals surface area contributed by atoms with Gasteiger partial charge in [0.25, 0.3) is 0 Å². The van der Waals surface area contributed by atoms with Crippen molar-refractivity contribution in [1.82, 2.24) is 0 Å². The van der Waals surface area contributed by atoms with E-state index in [1.807, 2.05) is 13.0 Å². The standard InChI is InChI=1S/C19H18O5/c1-8-6-9-2-3-10-15(14(9)13(22)7-8)19(24)17-12(21)5-4-11(20)16(17)18(10)23/h2-5,8,10,13,15,20-22H,6-7H2,1H3. The number of rotatable bonds is 0. The molecule has 3 aliphatic carbocycles. The van der Waals surface area contributed by atoms with Crippen molar-refractivity contribution < 1.29 is 24.9 Å². The van der Waals surface area contributed by atoms with Crippen molar-refractivity contribution in [3.05, 3.63) is 46.6 Å². The highest BCUT2D eigenvalue weighted by Crippen LogP contribution is 2.48. The number of hydrogen-bond donors (Lipinski definition) is 3. The van der Waals surface area contributed by atoms with Gasteiger partial charge in [-0.05, 0) is 42.0 Å². The second-order valence-corrected chi connectivity index (χ2v) is 6.99. The molecule has 4 atom stereocenters. The van der Waals surface area contributed by atoms with Crippen molar-refractivity contribution >= 4 is 11.6 Å². The monoisotopic (exact) mass is 326 g/mol. The molecule has 0 heterocycles. The van der Waals surface area contributed by atoms with E-state index in [-0.39, 0.29) is 22.6 Å². The number of carbonyl (C=O) groups excluding carboxylic acids is 2. The lowest BCUT2D eigenvalue weighted by molar-refractivity contribution is 0.0741. The van der Waals surface area contributed by atoms with Crippen LogP contribution in [0.4, 0.5) is 0 Å². The molecular weight excluding hydrogens is 308 g/mol. The van der Waals surface area contributed by atoms with Crippen molar-refractivity contribution in [3.8, 4) is 11.5 Å². The minimum absolute atomic E-state index is 0.117.